The van der Waals surface area contributed by atoms with Gasteiger partial charge in [0.05, 0.1) is 9.96 Å². The van der Waals surface area contributed by atoms with Crippen LogP contribution < -0.4 is 0 Å². The molecule has 2 aromatic rings. The molecule has 0 amide bonds. The van der Waals surface area contributed by atoms with Gasteiger partial charge in [-0.05, 0) is 23.9 Å². The number of nitrogens with zero attached hydrogens (tertiary/aromatic N) is 2. The van der Waals surface area contributed by atoms with Crippen LogP contribution in [0.25, 0.3) is 0 Å². The molecule has 0 radical (unpaired) electrons. The Labute approximate surface area is 84.2 Å². The van der Waals surface area contributed by atoms with Crippen LogP contribution in [-0.4, -0.2) is 10.1 Å². The molecule has 0 saturated heterocycles. The Kier molecular flexibility index (Phi) is 2.65. The van der Waals surface area contributed by atoms with Crippen molar-refractivity contribution in [3.8, 4) is 0 Å². The molecule has 0 saturated carbocycles. The first-order valence-corrected chi connectivity index (χ1v) is 5.64. The number of aromatic nitrogens is 2. The average Bonchev–Trinajstić information content (AvgIpc) is 2.71. The molecular formula is C8H8N2OS2. The summed E-state index contributed by atoms with van der Waals surface area (Å²) in [6, 6.07) is 2.16. The molecule has 0 fully saturated rings. The van der Waals surface area contributed by atoms with E-state index in [0.717, 1.165) is 11.6 Å². The molecule has 0 aliphatic rings. The minimum Gasteiger partial charge on any atom is -0.343 e. The van der Waals surface area contributed by atoms with Gasteiger partial charge >= 0.3 is 0 Å². The van der Waals surface area contributed by atoms with E-state index in [4.69, 9.17) is 0 Å². The molecule has 5 heteroatoms. The van der Waals surface area contributed by atoms with Crippen molar-refractivity contribution in [1.29, 1.82) is 0 Å². The van der Waals surface area contributed by atoms with Gasteiger partial charge in [0.1, 0.15) is 0 Å². The molecular weight excluding hydrogens is 204 g/mol. The molecule has 0 unspecified atom stereocenters. The molecule has 3 nitrogen and oxygen atoms in total. The van der Waals surface area contributed by atoms with Crippen molar-refractivity contribution < 1.29 is 4.52 Å². The predicted octanol–water partition coefficient (Wildman–Crippen LogP) is 2.73. The Balaban J connectivity index is 1.93. The van der Waals surface area contributed by atoms with E-state index in [0.29, 0.717) is 0 Å². The highest BCUT2D eigenvalue weighted by molar-refractivity contribution is 8.00. The van der Waals surface area contributed by atoms with Crippen LogP contribution in [0.5, 0.6) is 0 Å². The van der Waals surface area contributed by atoms with E-state index in [-0.39, 0.29) is 0 Å². The van der Waals surface area contributed by atoms with E-state index in [1.165, 1.54) is 16.2 Å². The Morgan fingerprint density at radius 2 is 2.54 bits per heavy atom. The molecule has 2 rings (SSSR count). The first-order valence-electron chi connectivity index (χ1n) is 3.78. The summed E-state index contributed by atoms with van der Waals surface area (Å²) >= 11 is 3.48. The number of hydrogen-bond acceptors (Lipinski definition) is 5. The number of thioether (sulfide) groups is 1. The number of hydrogen-bond donors (Lipinski definition) is 0. The maximum atomic E-state index is 4.64. The molecule has 0 spiro atoms. The van der Waals surface area contributed by atoms with E-state index in [9.17, 15) is 0 Å². The number of rotatable bonds is 3. The van der Waals surface area contributed by atoms with E-state index < -0.39 is 0 Å². The monoisotopic (exact) mass is 212 g/mol. The standard InChI is InChI=1S/C8H8N2OS2/c1-6-2-8(12-3-6)13-4-7-9-5-11-10-7/h2-3,5H,4H2,1H3. The van der Waals surface area contributed by atoms with Crippen LogP contribution >= 0.6 is 23.1 Å². The fourth-order valence-electron chi connectivity index (χ4n) is 0.872. The second-order valence-electron chi connectivity index (χ2n) is 2.58. The normalized spacial score (nSPS) is 10.5. The molecule has 0 aromatic carbocycles. The van der Waals surface area contributed by atoms with Gasteiger partial charge in [-0.15, -0.1) is 23.1 Å². The third-order valence-electron chi connectivity index (χ3n) is 1.46. The third-order valence-corrected chi connectivity index (χ3v) is 3.74. The van der Waals surface area contributed by atoms with Crippen molar-refractivity contribution in [3.63, 3.8) is 0 Å². The summed E-state index contributed by atoms with van der Waals surface area (Å²) < 4.78 is 5.93. The zero-order valence-corrected chi connectivity index (χ0v) is 8.69. The molecule has 2 heterocycles. The van der Waals surface area contributed by atoms with Crippen LogP contribution in [0.4, 0.5) is 0 Å². The lowest BCUT2D eigenvalue weighted by molar-refractivity contribution is 0.412. The zero-order valence-electron chi connectivity index (χ0n) is 7.06. The highest BCUT2D eigenvalue weighted by Gasteiger charge is 2.01. The molecule has 0 bridgehead atoms. The van der Waals surface area contributed by atoms with Crippen molar-refractivity contribution >= 4 is 23.1 Å². The second kappa shape index (κ2) is 3.93. The lowest BCUT2D eigenvalue weighted by Crippen LogP contribution is -1.80. The Hall–Kier alpha value is -0.810. The van der Waals surface area contributed by atoms with E-state index >= 15 is 0 Å². The number of thiophene rings is 1. The summed E-state index contributed by atoms with van der Waals surface area (Å²) in [6.07, 6.45) is 1.36. The SMILES string of the molecule is Cc1csc(SCc2ncon2)c1. The first-order chi connectivity index (χ1) is 6.34. The topological polar surface area (TPSA) is 38.9 Å². The van der Waals surface area contributed by atoms with Crippen molar-refractivity contribution in [2.24, 2.45) is 0 Å². The van der Waals surface area contributed by atoms with Gasteiger partial charge in [-0.1, -0.05) is 5.16 Å². The van der Waals surface area contributed by atoms with Crippen LogP contribution in [0.3, 0.4) is 0 Å². The Morgan fingerprint density at radius 1 is 1.62 bits per heavy atom. The van der Waals surface area contributed by atoms with Crippen LogP contribution in [0, 0.1) is 6.92 Å². The van der Waals surface area contributed by atoms with Gasteiger partial charge in [0.2, 0.25) is 6.39 Å². The zero-order chi connectivity index (χ0) is 9.10. The van der Waals surface area contributed by atoms with Gasteiger partial charge in [-0.2, -0.15) is 4.98 Å². The maximum Gasteiger partial charge on any atom is 0.213 e. The predicted molar refractivity (Wildman–Crippen MR) is 52.9 cm³/mol. The fourth-order valence-corrected chi connectivity index (χ4v) is 2.76. The molecule has 0 atom stereocenters. The third kappa shape index (κ3) is 2.32. The largest absolute Gasteiger partial charge is 0.343 e. The quantitative estimate of drug-likeness (QED) is 0.733. The molecule has 68 valence electrons. The Morgan fingerprint density at radius 3 is 3.15 bits per heavy atom. The summed E-state index contributed by atoms with van der Waals surface area (Å²) in [6.45, 7) is 2.09. The van der Waals surface area contributed by atoms with Crippen LogP contribution in [0.15, 0.2) is 26.6 Å². The summed E-state index contributed by atoms with van der Waals surface area (Å²) in [5.74, 6) is 1.52. The Bertz CT molecular complexity index is 369. The van der Waals surface area contributed by atoms with Gasteiger partial charge in [0.15, 0.2) is 5.82 Å². The van der Waals surface area contributed by atoms with Gasteiger partial charge in [-0.3, -0.25) is 0 Å². The lowest BCUT2D eigenvalue weighted by atomic mass is 10.4. The summed E-state index contributed by atoms with van der Waals surface area (Å²) in [5.41, 5.74) is 1.31. The maximum absolute atomic E-state index is 4.64. The lowest BCUT2D eigenvalue weighted by Gasteiger charge is -1.90. The van der Waals surface area contributed by atoms with Gasteiger partial charge < -0.3 is 4.52 Å². The minimum absolute atomic E-state index is 0.746. The molecule has 0 aliphatic heterocycles. The average molecular weight is 212 g/mol. The second-order valence-corrected chi connectivity index (χ2v) is 4.77. The number of aryl methyl sites for hydroxylation is 1. The minimum atomic E-state index is 0.746. The highest BCUT2D eigenvalue weighted by atomic mass is 32.2. The molecule has 0 aliphatic carbocycles. The molecule has 2 aromatic heterocycles. The van der Waals surface area contributed by atoms with E-state index in [1.54, 1.807) is 23.1 Å². The summed E-state index contributed by atoms with van der Waals surface area (Å²) in [7, 11) is 0. The fraction of sp³-hybridized carbons (Fsp3) is 0.250. The summed E-state index contributed by atoms with van der Waals surface area (Å²) in [5, 5.41) is 5.87. The van der Waals surface area contributed by atoms with Crippen molar-refractivity contribution in [2.45, 2.75) is 16.9 Å². The van der Waals surface area contributed by atoms with Crippen molar-refractivity contribution in [1.82, 2.24) is 10.1 Å². The van der Waals surface area contributed by atoms with Crippen molar-refractivity contribution in [3.05, 3.63) is 29.2 Å². The highest BCUT2D eigenvalue weighted by Crippen LogP contribution is 2.27. The van der Waals surface area contributed by atoms with Gasteiger partial charge in [0, 0.05) is 0 Å². The molecule has 0 N–H and O–H groups in total. The van der Waals surface area contributed by atoms with E-state index in [1.807, 2.05) is 0 Å². The van der Waals surface area contributed by atoms with Gasteiger partial charge in [-0.25, -0.2) is 0 Å². The van der Waals surface area contributed by atoms with Crippen LogP contribution in [0.2, 0.25) is 0 Å². The van der Waals surface area contributed by atoms with Crippen LogP contribution in [-0.2, 0) is 5.75 Å². The smallest absolute Gasteiger partial charge is 0.213 e. The first kappa shape index (κ1) is 8.77. The molecule has 13 heavy (non-hydrogen) atoms. The summed E-state index contributed by atoms with van der Waals surface area (Å²) in [4.78, 5) is 3.94. The van der Waals surface area contributed by atoms with E-state index in [2.05, 4.69) is 33.0 Å². The van der Waals surface area contributed by atoms with Crippen LogP contribution in [0.1, 0.15) is 11.4 Å². The van der Waals surface area contributed by atoms with Crippen molar-refractivity contribution in [2.75, 3.05) is 0 Å². The van der Waals surface area contributed by atoms with Gasteiger partial charge in [0.25, 0.3) is 0 Å².